The molecule has 70 valence electrons. The molecule has 0 spiro atoms. The Bertz CT molecular complexity index is 141. The lowest BCUT2D eigenvalue weighted by molar-refractivity contribution is 0.149. The zero-order valence-corrected chi connectivity index (χ0v) is 8.13. The smallest absolute Gasteiger partial charge is 0.0508 e. The molecule has 0 radical (unpaired) electrons. The second-order valence-electron chi connectivity index (χ2n) is 4.27. The van der Waals surface area contributed by atoms with Crippen molar-refractivity contribution < 1.29 is 0 Å². The second-order valence-corrected chi connectivity index (χ2v) is 4.27. The Balaban J connectivity index is 1.77. The maximum absolute atomic E-state index is 2.63. The minimum atomic E-state index is 0.839. The van der Waals surface area contributed by atoms with Gasteiger partial charge >= 0.3 is 0 Å². The van der Waals surface area contributed by atoms with Crippen molar-refractivity contribution in [2.24, 2.45) is 0 Å². The molecule has 2 saturated heterocycles. The van der Waals surface area contributed by atoms with E-state index in [-0.39, 0.29) is 0 Å². The molecule has 0 aromatic rings. The van der Waals surface area contributed by atoms with E-state index in [1.165, 1.54) is 52.0 Å². The van der Waals surface area contributed by atoms with Crippen molar-refractivity contribution in [2.75, 3.05) is 26.3 Å². The monoisotopic (exact) mass is 168 g/mol. The van der Waals surface area contributed by atoms with Crippen LogP contribution in [0.3, 0.4) is 0 Å². The van der Waals surface area contributed by atoms with Gasteiger partial charge in [0.05, 0.1) is 6.67 Å². The molecule has 0 aromatic heterocycles. The van der Waals surface area contributed by atoms with Crippen LogP contribution in [0.15, 0.2) is 0 Å². The van der Waals surface area contributed by atoms with Crippen LogP contribution in [0.1, 0.15) is 32.6 Å². The molecule has 2 aliphatic rings. The number of rotatable bonds is 2. The van der Waals surface area contributed by atoms with Crippen LogP contribution in [-0.4, -0.2) is 42.1 Å². The van der Waals surface area contributed by atoms with Gasteiger partial charge in [0.15, 0.2) is 0 Å². The third-order valence-electron chi connectivity index (χ3n) is 3.27. The molecule has 0 aromatic carbocycles. The SMILES string of the molecule is CC1CCCN1CN1CCCC1. The van der Waals surface area contributed by atoms with Gasteiger partial charge in [0, 0.05) is 6.04 Å². The summed E-state index contributed by atoms with van der Waals surface area (Å²) in [5.74, 6) is 0. The van der Waals surface area contributed by atoms with E-state index in [1.807, 2.05) is 0 Å². The molecular weight excluding hydrogens is 148 g/mol. The fraction of sp³-hybridized carbons (Fsp3) is 1.00. The summed E-state index contributed by atoms with van der Waals surface area (Å²) in [6, 6.07) is 0.839. The van der Waals surface area contributed by atoms with Gasteiger partial charge in [-0.1, -0.05) is 0 Å². The van der Waals surface area contributed by atoms with E-state index in [9.17, 15) is 0 Å². The quantitative estimate of drug-likeness (QED) is 0.617. The van der Waals surface area contributed by atoms with Gasteiger partial charge in [0.25, 0.3) is 0 Å². The van der Waals surface area contributed by atoms with Crippen LogP contribution in [0.2, 0.25) is 0 Å². The average molecular weight is 168 g/mol. The summed E-state index contributed by atoms with van der Waals surface area (Å²) in [6.45, 7) is 7.61. The number of hydrogen-bond donors (Lipinski definition) is 0. The van der Waals surface area contributed by atoms with Crippen LogP contribution in [-0.2, 0) is 0 Å². The van der Waals surface area contributed by atoms with E-state index in [1.54, 1.807) is 0 Å². The van der Waals surface area contributed by atoms with Crippen LogP contribution in [0.5, 0.6) is 0 Å². The molecular formula is C10H20N2. The third-order valence-corrected chi connectivity index (χ3v) is 3.27. The zero-order valence-electron chi connectivity index (χ0n) is 8.13. The van der Waals surface area contributed by atoms with E-state index >= 15 is 0 Å². The van der Waals surface area contributed by atoms with Gasteiger partial charge in [-0.05, 0) is 52.2 Å². The Morgan fingerprint density at radius 2 is 1.83 bits per heavy atom. The largest absolute Gasteiger partial charge is 0.290 e. The molecule has 1 unspecified atom stereocenters. The maximum atomic E-state index is 2.63. The maximum Gasteiger partial charge on any atom is 0.0508 e. The molecule has 0 amide bonds. The highest BCUT2D eigenvalue weighted by atomic mass is 15.3. The van der Waals surface area contributed by atoms with E-state index in [0.717, 1.165) is 6.04 Å². The molecule has 0 bridgehead atoms. The standard InChI is InChI=1S/C10H20N2/c1-10-5-4-8-12(10)9-11-6-2-3-7-11/h10H,2-9H2,1H3. The van der Waals surface area contributed by atoms with Crippen molar-refractivity contribution in [2.45, 2.75) is 38.6 Å². The predicted octanol–water partition coefficient (Wildman–Crippen LogP) is 1.52. The molecule has 0 saturated carbocycles. The van der Waals surface area contributed by atoms with Gasteiger partial charge in [-0.25, -0.2) is 0 Å². The molecule has 2 rings (SSSR count). The first-order valence-corrected chi connectivity index (χ1v) is 5.32. The van der Waals surface area contributed by atoms with Gasteiger partial charge in [-0.2, -0.15) is 0 Å². The minimum Gasteiger partial charge on any atom is -0.290 e. The molecule has 2 fully saturated rings. The van der Waals surface area contributed by atoms with E-state index < -0.39 is 0 Å². The summed E-state index contributed by atoms with van der Waals surface area (Å²) >= 11 is 0. The second kappa shape index (κ2) is 3.75. The van der Waals surface area contributed by atoms with Crippen LogP contribution < -0.4 is 0 Å². The summed E-state index contributed by atoms with van der Waals surface area (Å²) < 4.78 is 0. The Morgan fingerprint density at radius 3 is 2.42 bits per heavy atom. The Morgan fingerprint density at radius 1 is 1.08 bits per heavy atom. The first-order chi connectivity index (χ1) is 5.86. The van der Waals surface area contributed by atoms with Crippen LogP contribution >= 0.6 is 0 Å². The predicted molar refractivity (Wildman–Crippen MR) is 51.1 cm³/mol. The molecule has 1 atom stereocenters. The molecule has 12 heavy (non-hydrogen) atoms. The van der Waals surface area contributed by atoms with E-state index in [0.29, 0.717) is 0 Å². The van der Waals surface area contributed by atoms with Crippen molar-refractivity contribution in [3.8, 4) is 0 Å². The Kier molecular flexibility index (Phi) is 2.66. The number of likely N-dealkylation sites (tertiary alicyclic amines) is 2. The van der Waals surface area contributed by atoms with Gasteiger partial charge in [-0.3, -0.25) is 9.80 Å². The molecule has 2 heterocycles. The lowest BCUT2D eigenvalue weighted by atomic mass is 10.2. The van der Waals surface area contributed by atoms with Crippen molar-refractivity contribution in [1.82, 2.24) is 9.80 Å². The molecule has 0 aliphatic carbocycles. The van der Waals surface area contributed by atoms with Crippen molar-refractivity contribution >= 4 is 0 Å². The molecule has 2 heteroatoms. The molecule has 2 aliphatic heterocycles. The number of hydrogen-bond acceptors (Lipinski definition) is 2. The van der Waals surface area contributed by atoms with Gasteiger partial charge in [0.1, 0.15) is 0 Å². The van der Waals surface area contributed by atoms with Crippen molar-refractivity contribution in [3.05, 3.63) is 0 Å². The fourth-order valence-electron chi connectivity index (χ4n) is 2.38. The summed E-state index contributed by atoms with van der Waals surface area (Å²) in [5.41, 5.74) is 0. The number of nitrogens with zero attached hydrogens (tertiary/aromatic N) is 2. The topological polar surface area (TPSA) is 6.48 Å². The fourth-order valence-corrected chi connectivity index (χ4v) is 2.38. The first kappa shape index (κ1) is 8.52. The summed E-state index contributed by atoms with van der Waals surface area (Å²) in [7, 11) is 0. The van der Waals surface area contributed by atoms with Gasteiger partial charge in [0.2, 0.25) is 0 Å². The van der Waals surface area contributed by atoms with Gasteiger partial charge < -0.3 is 0 Å². The highest BCUT2D eigenvalue weighted by molar-refractivity contribution is 4.76. The minimum absolute atomic E-state index is 0.839. The Labute approximate surface area is 75.5 Å². The lowest BCUT2D eigenvalue weighted by Crippen LogP contribution is -2.38. The van der Waals surface area contributed by atoms with Crippen molar-refractivity contribution in [3.63, 3.8) is 0 Å². The normalized spacial score (nSPS) is 33.2. The van der Waals surface area contributed by atoms with E-state index in [4.69, 9.17) is 0 Å². The zero-order chi connectivity index (χ0) is 8.39. The van der Waals surface area contributed by atoms with E-state index in [2.05, 4.69) is 16.7 Å². The van der Waals surface area contributed by atoms with Crippen LogP contribution in [0.25, 0.3) is 0 Å². The summed E-state index contributed by atoms with van der Waals surface area (Å²) in [5, 5.41) is 0. The highest BCUT2D eigenvalue weighted by Gasteiger charge is 2.23. The van der Waals surface area contributed by atoms with Crippen LogP contribution in [0, 0.1) is 0 Å². The first-order valence-electron chi connectivity index (χ1n) is 5.32. The van der Waals surface area contributed by atoms with Gasteiger partial charge in [-0.15, -0.1) is 0 Å². The molecule has 0 N–H and O–H groups in total. The highest BCUT2D eigenvalue weighted by Crippen LogP contribution is 2.18. The average Bonchev–Trinajstić information content (AvgIpc) is 2.65. The van der Waals surface area contributed by atoms with Crippen molar-refractivity contribution in [1.29, 1.82) is 0 Å². The molecule has 2 nitrogen and oxygen atoms in total. The third kappa shape index (κ3) is 1.80. The summed E-state index contributed by atoms with van der Waals surface area (Å²) in [4.78, 5) is 5.23. The Hall–Kier alpha value is -0.0800. The summed E-state index contributed by atoms with van der Waals surface area (Å²) in [6.07, 6.45) is 5.66. The lowest BCUT2D eigenvalue weighted by Gasteiger charge is -2.26. The van der Waals surface area contributed by atoms with Crippen LogP contribution in [0.4, 0.5) is 0 Å².